The van der Waals surface area contributed by atoms with Crippen LogP contribution in [0.15, 0.2) is 28.8 Å². The van der Waals surface area contributed by atoms with Gasteiger partial charge in [-0.25, -0.2) is 9.97 Å². The SMILES string of the molecule is COC1COCC[C@@H]1NC1CCN(C(=O)c2nc(-c3cc(C)on3)nc(N3CCc4cc(C(F)(F)F)ccc4C3)c2C)CC1. The molecule has 0 saturated carbocycles. The van der Waals surface area contributed by atoms with Gasteiger partial charge in [-0.3, -0.25) is 4.79 Å². The van der Waals surface area contributed by atoms with Crippen LogP contribution in [-0.2, 0) is 28.6 Å². The van der Waals surface area contributed by atoms with E-state index in [9.17, 15) is 18.0 Å². The second kappa shape index (κ2) is 12.4. The maximum absolute atomic E-state index is 14.0. The van der Waals surface area contributed by atoms with E-state index in [0.29, 0.717) is 79.9 Å². The van der Waals surface area contributed by atoms with Crippen LogP contribution in [0.2, 0.25) is 0 Å². The molecule has 3 aliphatic heterocycles. The highest BCUT2D eigenvalue weighted by Gasteiger charge is 2.34. The number of fused-ring (bicyclic) bond motifs is 1. The summed E-state index contributed by atoms with van der Waals surface area (Å²) in [5, 5.41) is 7.80. The zero-order valence-electron chi connectivity index (χ0n) is 25.1. The molecular weight excluding hydrogens is 577 g/mol. The fourth-order valence-electron chi connectivity index (χ4n) is 6.35. The van der Waals surface area contributed by atoms with Crippen molar-refractivity contribution < 1.29 is 32.0 Å². The highest BCUT2D eigenvalue weighted by Crippen LogP contribution is 2.34. The van der Waals surface area contributed by atoms with E-state index < -0.39 is 11.7 Å². The number of halogens is 3. The molecule has 5 heterocycles. The van der Waals surface area contributed by atoms with Crippen molar-refractivity contribution in [3.63, 3.8) is 0 Å². The van der Waals surface area contributed by atoms with Crippen LogP contribution in [0.5, 0.6) is 0 Å². The third-order valence-electron chi connectivity index (χ3n) is 8.86. The van der Waals surface area contributed by atoms with Gasteiger partial charge < -0.3 is 29.1 Å². The lowest BCUT2D eigenvalue weighted by atomic mass is 9.96. The minimum Gasteiger partial charge on any atom is -0.379 e. The van der Waals surface area contributed by atoms with Gasteiger partial charge in [0.05, 0.1) is 18.3 Å². The van der Waals surface area contributed by atoms with Crippen molar-refractivity contribution in [1.29, 1.82) is 0 Å². The summed E-state index contributed by atoms with van der Waals surface area (Å²) in [4.78, 5) is 27.3. The van der Waals surface area contributed by atoms with Crippen molar-refractivity contribution in [3.8, 4) is 11.5 Å². The number of benzene rings is 1. The molecule has 0 radical (unpaired) electrons. The normalized spacial score (nSPS) is 21.4. The Morgan fingerprint density at radius 3 is 2.57 bits per heavy atom. The highest BCUT2D eigenvalue weighted by molar-refractivity contribution is 5.95. The molecule has 2 fully saturated rings. The summed E-state index contributed by atoms with van der Waals surface area (Å²) in [5.41, 5.74) is 2.14. The number of methoxy groups -OCH3 is 1. The number of hydrogen-bond donors (Lipinski definition) is 1. The molecule has 2 aromatic heterocycles. The van der Waals surface area contributed by atoms with Crippen LogP contribution in [0.4, 0.5) is 19.0 Å². The maximum atomic E-state index is 14.0. The Morgan fingerprint density at radius 2 is 1.86 bits per heavy atom. The van der Waals surface area contributed by atoms with Gasteiger partial charge in [0.2, 0.25) is 0 Å². The lowest BCUT2D eigenvalue weighted by molar-refractivity contribution is -0.137. The molecule has 0 bridgehead atoms. The van der Waals surface area contributed by atoms with Gasteiger partial charge in [-0.05, 0) is 62.8 Å². The number of aromatic nitrogens is 3. The summed E-state index contributed by atoms with van der Waals surface area (Å²) < 4.78 is 56.3. The van der Waals surface area contributed by atoms with Crippen molar-refractivity contribution >= 4 is 11.7 Å². The van der Waals surface area contributed by atoms with Crippen molar-refractivity contribution in [1.82, 2.24) is 25.3 Å². The number of piperidine rings is 1. The summed E-state index contributed by atoms with van der Waals surface area (Å²) >= 11 is 0. The Hall–Kier alpha value is -3.55. The third kappa shape index (κ3) is 6.31. The van der Waals surface area contributed by atoms with E-state index in [2.05, 4.69) is 15.5 Å². The number of nitrogens with one attached hydrogen (secondary N) is 1. The minimum atomic E-state index is -4.39. The summed E-state index contributed by atoms with van der Waals surface area (Å²) in [5.74, 6) is 1.23. The minimum absolute atomic E-state index is 0.0116. The third-order valence-corrected chi connectivity index (χ3v) is 8.86. The average Bonchev–Trinajstić information content (AvgIpc) is 3.46. The monoisotopic (exact) mass is 614 g/mol. The van der Waals surface area contributed by atoms with E-state index in [1.807, 2.05) is 16.7 Å². The zero-order valence-corrected chi connectivity index (χ0v) is 25.1. The van der Waals surface area contributed by atoms with Gasteiger partial charge in [-0.1, -0.05) is 11.2 Å². The lowest BCUT2D eigenvalue weighted by Gasteiger charge is -2.38. The Morgan fingerprint density at radius 1 is 1.07 bits per heavy atom. The first kappa shape index (κ1) is 30.5. The van der Waals surface area contributed by atoms with Gasteiger partial charge >= 0.3 is 6.18 Å². The first-order valence-electron chi connectivity index (χ1n) is 15.0. The standard InChI is InChI=1S/C31H37F3N6O4/c1-18-14-25(38-44-18)28-36-27(30(41)39-11-7-23(8-12-39)35-24-9-13-43-17-26(24)42-3)19(2)29(37-28)40-10-6-20-15-22(31(32,33)34)5-4-21(20)16-40/h4-5,14-15,23-24,26,35H,6-13,16-17H2,1-3H3/t24-,26?/m0/s1. The van der Waals surface area contributed by atoms with Gasteiger partial charge in [0.25, 0.3) is 5.91 Å². The molecule has 1 N–H and O–H groups in total. The molecule has 3 aromatic rings. The number of likely N-dealkylation sites (tertiary alicyclic amines) is 1. The van der Waals surface area contributed by atoms with Crippen LogP contribution < -0.4 is 10.2 Å². The van der Waals surface area contributed by atoms with Crippen molar-refractivity contribution in [2.45, 2.75) is 70.4 Å². The largest absolute Gasteiger partial charge is 0.416 e. The van der Waals surface area contributed by atoms with Crippen LogP contribution in [0.3, 0.4) is 0 Å². The van der Waals surface area contributed by atoms with E-state index in [0.717, 1.165) is 30.9 Å². The first-order chi connectivity index (χ1) is 21.1. The summed E-state index contributed by atoms with van der Waals surface area (Å²) in [7, 11) is 1.70. The second-order valence-electron chi connectivity index (χ2n) is 11.8. The summed E-state index contributed by atoms with van der Waals surface area (Å²) in [6.45, 7) is 6.83. The molecule has 1 amide bonds. The fourth-order valence-corrected chi connectivity index (χ4v) is 6.35. The number of rotatable bonds is 6. The number of aryl methyl sites for hydroxylation is 1. The molecule has 2 atom stereocenters. The molecule has 0 spiro atoms. The molecule has 236 valence electrons. The van der Waals surface area contributed by atoms with E-state index in [4.69, 9.17) is 19.0 Å². The van der Waals surface area contributed by atoms with Crippen LogP contribution in [0, 0.1) is 13.8 Å². The lowest BCUT2D eigenvalue weighted by Crippen LogP contribution is -2.54. The average molecular weight is 615 g/mol. The van der Waals surface area contributed by atoms with Crippen LogP contribution in [0.25, 0.3) is 11.5 Å². The predicted octanol–water partition coefficient (Wildman–Crippen LogP) is 4.33. The smallest absolute Gasteiger partial charge is 0.379 e. The number of hydrogen-bond acceptors (Lipinski definition) is 9. The van der Waals surface area contributed by atoms with Gasteiger partial charge in [-0.15, -0.1) is 0 Å². The van der Waals surface area contributed by atoms with Crippen molar-refractivity contribution in [2.75, 3.05) is 44.9 Å². The maximum Gasteiger partial charge on any atom is 0.416 e. The highest BCUT2D eigenvalue weighted by atomic mass is 19.4. The van der Waals surface area contributed by atoms with Crippen molar-refractivity contribution in [3.05, 3.63) is 58.0 Å². The molecular formula is C31H37F3N6O4. The number of alkyl halides is 3. The summed E-state index contributed by atoms with van der Waals surface area (Å²) in [6.07, 6.45) is -1.48. The molecule has 2 saturated heterocycles. The van der Waals surface area contributed by atoms with Gasteiger partial charge in [0.1, 0.15) is 17.3 Å². The van der Waals surface area contributed by atoms with Gasteiger partial charge in [-0.2, -0.15) is 13.2 Å². The van der Waals surface area contributed by atoms with Gasteiger partial charge in [0.15, 0.2) is 11.5 Å². The Bertz CT molecular complexity index is 1500. The van der Waals surface area contributed by atoms with E-state index >= 15 is 0 Å². The zero-order chi connectivity index (χ0) is 31.0. The Balaban J connectivity index is 1.23. The predicted molar refractivity (Wildman–Crippen MR) is 155 cm³/mol. The number of ether oxygens (including phenoxy) is 2. The molecule has 6 rings (SSSR count). The number of nitrogens with zero attached hydrogens (tertiary/aromatic N) is 5. The number of carbonyl (C=O) groups is 1. The summed E-state index contributed by atoms with van der Waals surface area (Å²) in [6, 6.07) is 6.07. The van der Waals surface area contributed by atoms with Crippen molar-refractivity contribution in [2.24, 2.45) is 0 Å². The molecule has 1 aromatic carbocycles. The molecule has 3 aliphatic rings. The molecule has 0 aliphatic carbocycles. The fraction of sp³-hybridized carbons (Fsp3) is 0.548. The van der Waals surface area contributed by atoms with E-state index in [1.54, 1.807) is 20.1 Å². The topological polar surface area (TPSA) is 106 Å². The molecule has 13 heteroatoms. The Kier molecular flexibility index (Phi) is 8.62. The molecule has 1 unspecified atom stereocenters. The van der Waals surface area contributed by atoms with E-state index in [-0.39, 0.29) is 29.9 Å². The van der Waals surface area contributed by atoms with Gasteiger partial charge in [0, 0.05) is 63.6 Å². The van der Waals surface area contributed by atoms with Crippen LogP contribution in [0.1, 0.15) is 57.8 Å². The number of amides is 1. The molecule has 44 heavy (non-hydrogen) atoms. The molecule has 10 nitrogen and oxygen atoms in total. The number of carbonyl (C=O) groups excluding carboxylic acids is 1. The van der Waals surface area contributed by atoms with Crippen LogP contribution >= 0.6 is 0 Å². The first-order valence-corrected chi connectivity index (χ1v) is 15.0. The van der Waals surface area contributed by atoms with Crippen LogP contribution in [-0.4, -0.2) is 84.1 Å². The van der Waals surface area contributed by atoms with E-state index in [1.165, 1.54) is 12.1 Å². The number of anilines is 1. The quantitative estimate of drug-likeness (QED) is 0.435. The second-order valence-corrected chi connectivity index (χ2v) is 11.8. The Labute approximate surface area is 253 Å².